The van der Waals surface area contributed by atoms with Gasteiger partial charge in [-0.1, -0.05) is 48.5 Å². The Labute approximate surface area is 199 Å². The maximum Gasteiger partial charge on any atom is 0.407 e. The van der Waals surface area contributed by atoms with E-state index in [-0.39, 0.29) is 36.9 Å². The van der Waals surface area contributed by atoms with Crippen LogP contribution >= 0.6 is 0 Å². The molecule has 0 unspecified atom stereocenters. The second-order valence-corrected chi connectivity index (χ2v) is 9.92. The minimum Gasteiger partial charge on any atom is -0.481 e. The summed E-state index contributed by atoms with van der Waals surface area (Å²) >= 11 is 0. The molecule has 7 heteroatoms. The summed E-state index contributed by atoms with van der Waals surface area (Å²) in [6.45, 7) is 3.91. The van der Waals surface area contributed by atoms with Crippen molar-refractivity contribution in [1.29, 1.82) is 0 Å². The van der Waals surface area contributed by atoms with Gasteiger partial charge in [0.2, 0.25) is 5.91 Å². The van der Waals surface area contributed by atoms with Crippen LogP contribution in [0.4, 0.5) is 4.79 Å². The van der Waals surface area contributed by atoms with Gasteiger partial charge in [-0.05, 0) is 61.8 Å². The standard InChI is InChI=1S/C27H32N2O5/c1-27(2,25(32)29-18-13-11-17(12-14-18)24(30)31)16-28-26(33)34-15-23-21-9-5-3-7-19(21)20-8-4-6-10-22(20)23/h3-10,17-18,23H,11-16H2,1-2H3,(H,28,33)(H,29,32)(H,30,31). The Kier molecular flexibility index (Phi) is 6.91. The summed E-state index contributed by atoms with van der Waals surface area (Å²) in [5, 5.41) is 14.9. The lowest BCUT2D eigenvalue weighted by Gasteiger charge is -2.31. The van der Waals surface area contributed by atoms with Crippen LogP contribution in [-0.4, -0.2) is 42.3 Å². The number of benzene rings is 2. The number of hydrogen-bond acceptors (Lipinski definition) is 4. The van der Waals surface area contributed by atoms with Crippen molar-refractivity contribution in [2.75, 3.05) is 13.2 Å². The molecular weight excluding hydrogens is 432 g/mol. The summed E-state index contributed by atoms with van der Waals surface area (Å²) in [6.07, 6.45) is 1.89. The third kappa shape index (κ3) is 5.08. The molecule has 34 heavy (non-hydrogen) atoms. The molecule has 0 spiro atoms. The van der Waals surface area contributed by atoms with Crippen molar-refractivity contribution >= 4 is 18.0 Å². The first-order valence-electron chi connectivity index (χ1n) is 11.9. The zero-order valence-corrected chi connectivity index (χ0v) is 19.7. The van der Waals surface area contributed by atoms with Gasteiger partial charge in [-0.15, -0.1) is 0 Å². The van der Waals surface area contributed by atoms with Crippen LogP contribution in [0.5, 0.6) is 0 Å². The summed E-state index contributed by atoms with van der Waals surface area (Å²) in [4.78, 5) is 36.4. The average molecular weight is 465 g/mol. The molecule has 0 radical (unpaired) electrons. The van der Waals surface area contributed by atoms with Crippen LogP contribution < -0.4 is 10.6 Å². The monoisotopic (exact) mass is 464 g/mol. The zero-order chi connectivity index (χ0) is 24.3. The Bertz CT molecular complexity index is 1030. The number of nitrogens with one attached hydrogen (secondary N) is 2. The lowest BCUT2D eigenvalue weighted by molar-refractivity contribution is -0.142. The number of amides is 2. The fraction of sp³-hybridized carbons (Fsp3) is 0.444. The Hall–Kier alpha value is -3.35. The molecule has 7 nitrogen and oxygen atoms in total. The predicted octanol–water partition coefficient (Wildman–Crippen LogP) is 4.31. The van der Waals surface area contributed by atoms with Crippen LogP contribution in [0.2, 0.25) is 0 Å². The summed E-state index contributed by atoms with van der Waals surface area (Å²) in [7, 11) is 0. The third-order valence-corrected chi connectivity index (χ3v) is 7.04. The highest BCUT2D eigenvalue weighted by atomic mass is 16.5. The Morgan fingerprint density at radius 2 is 1.50 bits per heavy atom. The number of aliphatic carboxylic acids is 1. The summed E-state index contributed by atoms with van der Waals surface area (Å²) in [5.74, 6) is -1.27. The minimum atomic E-state index is -0.824. The van der Waals surface area contributed by atoms with Gasteiger partial charge in [0.05, 0.1) is 11.3 Å². The smallest absolute Gasteiger partial charge is 0.407 e. The fourth-order valence-electron chi connectivity index (χ4n) is 4.89. The maximum atomic E-state index is 12.8. The van der Waals surface area contributed by atoms with Crippen LogP contribution in [0.15, 0.2) is 48.5 Å². The molecule has 0 saturated heterocycles. The van der Waals surface area contributed by atoms with Crippen molar-refractivity contribution in [3.05, 3.63) is 59.7 Å². The molecule has 1 fully saturated rings. The topological polar surface area (TPSA) is 105 Å². The summed E-state index contributed by atoms with van der Waals surface area (Å²) in [5.41, 5.74) is 3.81. The van der Waals surface area contributed by atoms with Crippen LogP contribution in [-0.2, 0) is 14.3 Å². The van der Waals surface area contributed by atoms with Gasteiger partial charge in [0.25, 0.3) is 0 Å². The van der Waals surface area contributed by atoms with Gasteiger partial charge in [0, 0.05) is 18.5 Å². The van der Waals surface area contributed by atoms with Gasteiger partial charge in [-0.25, -0.2) is 4.79 Å². The van der Waals surface area contributed by atoms with Gasteiger partial charge in [0.1, 0.15) is 6.61 Å². The molecule has 2 aromatic carbocycles. The van der Waals surface area contributed by atoms with E-state index in [0.717, 1.165) is 11.1 Å². The van der Waals surface area contributed by atoms with Crippen molar-refractivity contribution in [1.82, 2.24) is 10.6 Å². The number of alkyl carbamates (subject to hydrolysis) is 1. The van der Waals surface area contributed by atoms with E-state index in [2.05, 4.69) is 34.9 Å². The quantitative estimate of drug-likeness (QED) is 0.566. The highest BCUT2D eigenvalue weighted by molar-refractivity contribution is 5.83. The largest absolute Gasteiger partial charge is 0.481 e. The number of ether oxygens (including phenoxy) is 1. The first-order chi connectivity index (χ1) is 16.3. The highest BCUT2D eigenvalue weighted by Gasteiger charge is 2.33. The number of carbonyl (C=O) groups is 3. The zero-order valence-electron chi connectivity index (χ0n) is 19.7. The molecule has 2 amide bonds. The average Bonchev–Trinajstić information content (AvgIpc) is 3.15. The van der Waals surface area contributed by atoms with Gasteiger partial charge < -0.3 is 20.5 Å². The van der Waals surface area contributed by atoms with Crippen LogP contribution in [0.25, 0.3) is 11.1 Å². The van der Waals surface area contributed by atoms with Crippen molar-refractivity contribution in [3.8, 4) is 11.1 Å². The minimum absolute atomic E-state index is 0.0182. The molecule has 0 aliphatic heterocycles. The first-order valence-corrected chi connectivity index (χ1v) is 11.9. The number of rotatable bonds is 7. The highest BCUT2D eigenvalue weighted by Crippen LogP contribution is 2.44. The molecule has 180 valence electrons. The number of carbonyl (C=O) groups excluding carboxylic acids is 2. The number of fused-ring (bicyclic) bond motifs is 3. The Morgan fingerprint density at radius 3 is 2.06 bits per heavy atom. The molecule has 2 aliphatic rings. The fourth-order valence-corrected chi connectivity index (χ4v) is 4.89. The summed E-state index contributed by atoms with van der Waals surface area (Å²) < 4.78 is 5.56. The second kappa shape index (κ2) is 9.87. The van der Waals surface area contributed by atoms with Crippen molar-refractivity contribution in [3.63, 3.8) is 0 Å². The van der Waals surface area contributed by atoms with Crippen molar-refractivity contribution in [2.45, 2.75) is 51.5 Å². The lowest BCUT2D eigenvalue weighted by atomic mass is 9.85. The van der Waals surface area contributed by atoms with Gasteiger partial charge in [-0.2, -0.15) is 0 Å². The molecule has 4 rings (SSSR count). The molecule has 0 atom stereocenters. The number of hydrogen-bond donors (Lipinski definition) is 3. The molecule has 2 aliphatic carbocycles. The van der Waals surface area contributed by atoms with E-state index < -0.39 is 17.5 Å². The van der Waals surface area contributed by atoms with E-state index in [1.807, 2.05) is 24.3 Å². The van der Waals surface area contributed by atoms with E-state index in [0.29, 0.717) is 25.7 Å². The Morgan fingerprint density at radius 1 is 0.941 bits per heavy atom. The molecule has 0 aromatic heterocycles. The third-order valence-electron chi connectivity index (χ3n) is 7.04. The summed E-state index contributed by atoms with van der Waals surface area (Å²) in [6, 6.07) is 16.3. The molecule has 0 heterocycles. The molecule has 3 N–H and O–H groups in total. The predicted molar refractivity (Wildman–Crippen MR) is 128 cm³/mol. The van der Waals surface area contributed by atoms with Gasteiger partial charge in [-0.3, -0.25) is 9.59 Å². The van der Waals surface area contributed by atoms with E-state index >= 15 is 0 Å². The van der Waals surface area contributed by atoms with Crippen molar-refractivity contribution < 1.29 is 24.2 Å². The van der Waals surface area contributed by atoms with E-state index in [9.17, 15) is 14.4 Å². The molecule has 2 aromatic rings. The van der Waals surface area contributed by atoms with Crippen molar-refractivity contribution in [2.24, 2.45) is 11.3 Å². The number of carboxylic acid groups (broad SMARTS) is 1. The van der Waals surface area contributed by atoms with Crippen LogP contribution in [0, 0.1) is 11.3 Å². The second-order valence-electron chi connectivity index (χ2n) is 9.92. The van der Waals surface area contributed by atoms with Gasteiger partial charge in [0.15, 0.2) is 0 Å². The SMILES string of the molecule is CC(C)(CNC(=O)OCC1c2ccccc2-c2ccccc21)C(=O)NC1CCC(C(=O)O)CC1. The lowest BCUT2D eigenvalue weighted by Crippen LogP contribution is -2.49. The van der Waals surface area contributed by atoms with E-state index in [4.69, 9.17) is 9.84 Å². The normalized spacial score (nSPS) is 19.6. The maximum absolute atomic E-state index is 12.8. The first kappa shape index (κ1) is 23.8. The molecule has 0 bridgehead atoms. The van der Waals surface area contributed by atoms with Crippen LogP contribution in [0.3, 0.4) is 0 Å². The van der Waals surface area contributed by atoms with Crippen LogP contribution in [0.1, 0.15) is 56.6 Å². The van der Waals surface area contributed by atoms with E-state index in [1.54, 1.807) is 13.8 Å². The molecular formula is C27H32N2O5. The van der Waals surface area contributed by atoms with Gasteiger partial charge >= 0.3 is 12.1 Å². The number of carboxylic acids is 1. The van der Waals surface area contributed by atoms with E-state index in [1.165, 1.54) is 11.1 Å². The Balaban J connectivity index is 1.27. The molecule has 1 saturated carbocycles.